The van der Waals surface area contributed by atoms with Crippen LogP contribution < -0.4 is 0 Å². The van der Waals surface area contributed by atoms with Gasteiger partial charge in [-0.25, -0.2) is 4.79 Å². The zero-order valence-electron chi connectivity index (χ0n) is 13.6. The topological polar surface area (TPSA) is 89.1 Å². The number of benzene rings is 1. The number of nitrogens with zero attached hydrogens (tertiary/aromatic N) is 3. The number of halogens is 2. The van der Waals surface area contributed by atoms with E-state index in [0.717, 1.165) is 0 Å². The molecule has 0 aliphatic rings. The predicted molar refractivity (Wildman–Crippen MR) is 94.2 cm³/mol. The van der Waals surface area contributed by atoms with Crippen molar-refractivity contribution in [2.24, 2.45) is 0 Å². The number of pyridine rings is 1. The minimum atomic E-state index is -1.13. The van der Waals surface area contributed by atoms with Crippen LogP contribution in [0.2, 0.25) is 10.0 Å². The summed E-state index contributed by atoms with van der Waals surface area (Å²) in [5.74, 6) is -0.528. The maximum Gasteiger partial charge on any atom is 0.338 e. The average molecular weight is 378 g/mol. The van der Waals surface area contributed by atoms with Gasteiger partial charge in [0.2, 0.25) is 0 Å². The number of carbonyl (C=O) groups is 1. The van der Waals surface area contributed by atoms with Crippen molar-refractivity contribution in [2.75, 3.05) is 0 Å². The quantitative estimate of drug-likeness (QED) is 0.709. The third kappa shape index (κ3) is 2.99. The first-order valence-corrected chi connectivity index (χ1v) is 8.06. The summed E-state index contributed by atoms with van der Waals surface area (Å²) in [6.07, 6.45) is 0. The highest BCUT2D eigenvalue weighted by Gasteiger charge is 2.27. The molecule has 1 N–H and O–H groups in total. The summed E-state index contributed by atoms with van der Waals surface area (Å²) in [6.45, 7) is 5.05. The Morgan fingerprint density at radius 2 is 1.80 bits per heavy atom. The molecule has 0 radical (unpaired) electrons. The normalized spacial score (nSPS) is 10.9. The van der Waals surface area contributed by atoms with Gasteiger partial charge >= 0.3 is 5.97 Å². The van der Waals surface area contributed by atoms with Gasteiger partial charge in [-0.1, -0.05) is 40.5 Å². The van der Waals surface area contributed by atoms with Gasteiger partial charge in [-0.05, 0) is 26.8 Å². The van der Waals surface area contributed by atoms with Gasteiger partial charge in [-0.3, -0.25) is 4.98 Å². The molecule has 128 valence electrons. The van der Waals surface area contributed by atoms with E-state index in [2.05, 4.69) is 15.1 Å². The number of carboxylic acid groups (broad SMARTS) is 1. The molecule has 0 amide bonds. The van der Waals surface area contributed by atoms with Crippen LogP contribution in [0.5, 0.6) is 0 Å². The molecule has 1 aromatic carbocycles. The van der Waals surface area contributed by atoms with Crippen LogP contribution in [0.15, 0.2) is 22.7 Å². The molecule has 3 aromatic rings. The average Bonchev–Trinajstić information content (AvgIpc) is 2.95. The van der Waals surface area contributed by atoms with Gasteiger partial charge in [-0.2, -0.15) is 4.98 Å². The lowest BCUT2D eigenvalue weighted by atomic mass is 9.92. The van der Waals surface area contributed by atoms with E-state index in [0.29, 0.717) is 38.9 Å². The Morgan fingerprint density at radius 1 is 1.08 bits per heavy atom. The first-order chi connectivity index (χ1) is 11.8. The number of aromatic carboxylic acids is 1. The van der Waals surface area contributed by atoms with Gasteiger partial charge in [0.1, 0.15) is 0 Å². The van der Waals surface area contributed by atoms with E-state index in [1.165, 1.54) is 0 Å². The highest BCUT2D eigenvalue weighted by atomic mass is 35.5. The molecular formula is C17H13Cl2N3O3. The Morgan fingerprint density at radius 3 is 2.40 bits per heavy atom. The van der Waals surface area contributed by atoms with Gasteiger partial charge in [-0.15, -0.1) is 0 Å². The van der Waals surface area contributed by atoms with Crippen molar-refractivity contribution in [2.45, 2.75) is 20.8 Å². The summed E-state index contributed by atoms with van der Waals surface area (Å²) in [4.78, 5) is 20.5. The third-order valence-electron chi connectivity index (χ3n) is 3.74. The van der Waals surface area contributed by atoms with Gasteiger partial charge < -0.3 is 9.63 Å². The van der Waals surface area contributed by atoms with Crippen LogP contribution in [0.25, 0.3) is 22.6 Å². The molecule has 0 atom stereocenters. The summed E-state index contributed by atoms with van der Waals surface area (Å²) in [7, 11) is 0. The molecule has 25 heavy (non-hydrogen) atoms. The van der Waals surface area contributed by atoms with Crippen LogP contribution in [0.3, 0.4) is 0 Å². The van der Waals surface area contributed by atoms with Gasteiger partial charge in [0.25, 0.3) is 5.89 Å². The van der Waals surface area contributed by atoms with Crippen LogP contribution in [0, 0.1) is 20.8 Å². The van der Waals surface area contributed by atoms with E-state index in [1.807, 2.05) is 0 Å². The number of carboxylic acids is 1. The Balaban J connectivity index is 2.49. The van der Waals surface area contributed by atoms with E-state index in [1.54, 1.807) is 39.0 Å². The summed E-state index contributed by atoms with van der Waals surface area (Å²) in [6, 6.07) is 5.02. The molecule has 0 spiro atoms. The fourth-order valence-corrected chi connectivity index (χ4v) is 3.13. The van der Waals surface area contributed by atoms with Crippen LogP contribution in [-0.2, 0) is 0 Å². The van der Waals surface area contributed by atoms with E-state index >= 15 is 0 Å². The summed E-state index contributed by atoms with van der Waals surface area (Å²) < 4.78 is 5.27. The van der Waals surface area contributed by atoms with Crippen molar-refractivity contribution in [1.29, 1.82) is 0 Å². The number of aryl methyl sites for hydroxylation is 3. The highest BCUT2D eigenvalue weighted by molar-refractivity contribution is 6.44. The Kier molecular flexibility index (Phi) is 4.49. The van der Waals surface area contributed by atoms with Crippen molar-refractivity contribution in [1.82, 2.24) is 15.1 Å². The lowest BCUT2D eigenvalue weighted by Crippen LogP contribution is -2.09. The molecule has 0 aliphatic heterocycles. The summed E-state index contributed by atoms with van der Waals surface area (Å²) in [5, 5.41) is 14.1. The Labute approximate surface area is 153 Å². The van der Waals surface area contributed by atoms with Crippen LogP contribution in [0.4, 0.5) is 0 Å². The second-order valence-electron chi connectivity index (χ2n) is 5.46. The Hall–Kier alpha value is -2.44. The largest absolute Gasteiger partial charge is 0.478 e. The second-order valence-corrected chi connectivity index (χ2v) is 6.25. The van der Waals surface area contributed by atoms with Gasteiger partial charge in [0.05, 0.1) is 32.6 Å². The standard InChI is InChI=1S/C17H13Cl2N3O3/c1-7-12(16-21-9(3)22-25-16)14(13(17(23)24)8(2)20-7)10-5-4-6-11(18)15(10)19/h4-6H,1-3H3,(H,23,24). The molecule has 0 fully saturated rings. The summed E-state index contributed by atoms with van der Waals surface area (Å²) >= 11 is 12.5. The van der Waals surface area contributed by atoms with Crippen LogP contribution in [-0.4, -0.2) is 26.2 Å². The van der Waals surface area contributed by atoms with E-state index < -0.39 is 5.97 Å². The molecule has 2 heterocycles. The second kappa shape index (κ2) is 6.46. The molecule has 0 unspecified atom stereocenters. The van der Waals surface area contributed by atoms with Gasteiger partial charge in [0, 0.05) is 11.1 Å². The van der Waals surface area contributed by atoms with E-state index in [-0.39, 0.29) is 16.5 Å². The van der Waals surface area contributed by atoms with Gasteiger partial charge in [0.15, 0.2) is 5.82 Å². The highest BCUT2D eigenvalue weighted by Crippen LogP contribution is 2.42. The number of aromatic nitrogens is 3. The van der Waals surface area contributed by atoms with Crippen LogP contribution >= 0.6 is 23.2 Å². The zero-order chi connectivity index (χ0) is 18.3. The predicted octanol–water partition coefficient (Wildman–Crippen LogP) is 4.73. The molecule has 0 saturated carbocycles. The molecule has 3 rings (SSSR count). The molecule has 0 bridgehead atoms. The van der Waals surface area contributed by atoms with E-state index in [4.69, 9.17) is 27.7 Å². The molecule has 6 nitrogen and oxygen atoms in total. The van der Waals surface area contributed by atoms with Crippen LogP contribution in [0.1, 0.15) is 27.6 Å². The first kappa shape index (κ1) is 17.4. The number of rotatable bonds is 3. The molecule has 8 heteroatoms. The number of hydrogen-bond acceptors (Lipinski definition) is 5. The monoisotopic (exact) mass is 377 g/mol. The van der Waals surface area contributed by atoms with Crippen molar-refractivity contribution >= 4 is 29.2 Å². The van der Waals surface area contributed by atoms with E-state index in [9.17, 15) is 9.90 Å². The lowest BCUT2D eigenvalue weighted by Gasteiger charge is -2.16. The van der Waals surface area contributed by atoms with Crippen molar-refractivity contribution in [3.63, 3.8) is 0 Å². The fraction of sp³-hybridized carbons (Fsp3) is 0.176. The van der Waals surface area contributed by atoms with Crippen molar-refractivity contribution < 1.29 is 14.4 Å². The third-order valence-corrected chi connectivity index (χ3v) is 4.55. The minimum Gasteiger partial charge on any atom is -0.478 e. The molecular weight excluding hydrogens is 365 g/mol. The Bertz CT molecular complexity index is 999. The lowest BCUT2D eigenvalue weighted by molar-refractivity contribution is 0.0696. The maximum atomic E-state index is 11.9. The molecule has 2 aromatic heterocycles. The SMILES string of the molecule is Cc1noc(-c2c(C)nc(C)c(C(=O)O)c2-c2cccc(Cl)c2Cl)n1. The number of hydrogen-bond donors (Lipinski definition) is 1. The van der Waals surface area contributed by atoms with Crippen molar-refractivity contribution in [3.05, 3.63) is 51.0 Å². The minimum absolute atomic E-state index is 0.0145. The van der Waals surface area contributed by atoms with Crippen molar-refractivity contribution in [3.8, 4) is 22.6 Å². The maximum absolute atomic E-state index is 11.9. The zero-order valence-corrected chi connectivity index (χ0v) is 15.1. The fourth-order valence-electron chi connectivity index (χ4n) is 2.74. The molecule has 0 aliphatic carbocycles. The molecule has 0 saturated heterocycles. The smallest absolute Gasteiger partial charge is 0.338 e. The summed E-state index contributed by atoms with van der Waals surface area (Å²) in [5.41, 5.74) is 2.17. The first-order valence-electron chi connectivity index (χ1n) is 7.30.